The molecular formula is C34H42F4N6O5SSi2. The molecule has 0 N–H and O–H groups in total. The highest BCUT2D eigenvalue weighted by Gasteiger charge is 2.29. The van der Waals surface area contributed by atoms with Crippen LogP contribution in [0.5, 0.6) is 5.88 Å². The molecule has 0 saturated carbocycles. The van der Waals surface area contributed by atoms with Crippen LogP contribution in [0, 0.1) is 23.3 Å². The second-order valence-electron chi connectivity index (χ2n) is 14.7. The van der Waals surface area contributed by atoms with Crippen molar-refractivity contribution < 1.29 is 40.2 Å². The summed E-state index contributed by atoms with van der Waals surface area (Å²) in [6.45, 7) is 14.3. The van der Waals surface area contributed by atoms with Gasteiger partial charge in [0.2, 0.25) is 5.88 Å². The van der Waals surface area contributed by atoms with Gasteiger partial charge in [-0.05, 0) is 24.2 Å². The molecule has 0 atom stereocenters. The van der Waals surface area contributed by atoms with Gasteiger partial charge in [-0.1, -0.05) is 45.3 Å². The Morgan fingerprint density at radius 3 is 2.17 bits per heavy atom. The van der Waals surface area contributed by atoms with Crippen molar-refractivity contribution in [2.75, 3.05) is 20.3 Å². The number of benzene rings is 1. The van der Waals surface area contributed by atoms with Crippen molar-refractivity contribution in [3.63, 3.8) is 0 Å². The Hall–Kier alpha value is -3.98. The summed E-state index contributed by atoms with van der Waals surface area (Å²) < 4.78 is 109. The van der Waals surface area contributed by atoms with E-state index in [9.17, 15) is 12.8 Å². The average molecular weight is 779 g/mol. The van der Waals surface area contributed by atoms with Gasteiger partial charge in [0.1, 0.15) is 41.1 Å². The number of methoxy groups -OCH3 is 1. The van der Waals surface area contributed by atoms with Crippen molar-refractivity contribution >= 4 is 36.9 Å². The maximum atomic E-state index is 16.8. The second-order valence-corrected chi connectivity index (χ2v) is 28.0. The molecule has 0 aliphatic heterocycles. The number of rotatable bonds is 16. The number of nitrogens with zero attached hydrogens (tertiary/aromatic N) is 6. The van der Waals surface area contributed by atoms with Gasteiger partial charge in [0, 0.05) is 52.7 Å². The van der Waals surface area contributed by atoms with Crippen LogP contribution in [0.15, 0.2) is 47.9 Å². The molecule has 4 aromatic heterocycles. The molecule has 5 rings (SSSR count). The highest BCUT2D eigenvalue weighted by molar-refractivity contribution is 7.90. The van der Waals surface area contributed by atoms with Crippen molar-refractivity contribution in [1.82, 2.24) is 29.3 Å². The first-order chi connectivity index (χ1) is 24.4. The van der Waals surface area contributed by atoms with Crippen molar-refractivity contribution in [1.29, 1.82) is 0 Å². The molecule has 280 valence electrons. The average Bonchev–Trinajstić information content (AvgIpc) is 3.67. The standard InChI is InChI=1S/C34H42F4N6O5SSi2/c1-47-34-27(16-22(35)17-41-34)50(45,46)19-26-30(38)28(25(36)18-40-26)23-8-9-24-31(33-39-10-11-43(33)20-48-12-14-51(2,3)4)42-44(32(24)29(23)37)21-49-13-15-52(5,6)7/h8-11,16-18H,12-15,19-21H2,1-7H3. The summed E-state index contributed by atoms with van der Waals surface area (Å²) in [6.07, 6.45) is 4.66. The minimum atomic E-state index is -4.52. The zero-order valence-corrected chi connectivity index (χ0v) is 33.0. The first-order valence-corrected chi connectivity index (χ1v) is 25.6. The number of halogens is 4. The Morgan fingerprint density at radius 2 is 1.52 bits per heavy atom. The lowest BCUT2D eigenvalue weighted by molar-refractivity contribution is 0.0812. The van der Waals surface area contributed by atoms with Gasteiger partial charge in [0.25, 0.3) is 0 Å². The normalized spacial score (nSPS) is 12.6. The summed E-state index contributed by atoms with van der Waals surface area (Å²) in [7, 11) is -6.18. The van der Waals surface area contributed by atoms with Gasteiger partial charge in [-0.3, -0.25) is 4.98 Å². The lowest BCUT2D eigenvalue weighted by Crippen LogP contribution is -2.22. The summed E-state index contributed by atoms with van der Waals surface area (Å²) in [4.78, 5) is 11.1. The van der Waals surface area contributed by atoms with E-state index in [0.717, 1.165) is 25.4 Å². The quantitative estimate of drug-likeness (QED) is 0.0569. The summed E-state index contributed by atoms with van der Waals surface area (Å²) >= 11 is 0. The van der Waals surface area contributed by atoms with Crippen LogP contribution in [-0.2, 0) is 38.5 Å². The molecule has 18 heteroatoms. The summed E-state index contributed by atoms with van der Waals surface area (Å²) in [5, 5.41) is 4.96. The fourth-order valence-corrected chi connectivity index (χ4v) is 8.20. The van der Waals surface area contributed by atoms with Gasteiger partial charge in [0.05, 0.1) is 30.8 Å². The fraction of sp³-hybridized carbons (Fsp3) is 0.412. The highest BCUT2D eigenvalue weighted by Crippen LogP contribution is 2.37. The van der Waals surface area contributed by atoms with E-state index in [1.807, 2.05) is 0 Å². The maximum absolute atomic E-state index is 16.8. The van der Waals surface area contributed by atoms with Crippen molar-refractivity contribution in [3.8, 4) is 28.5 Å². The number of sulfone groups is 1. The van der Waals surface area contributed by atoms with E-state index in [2.05, 4.69) is 59.3 Å². The molecule has 0 bridgehead atoms. The first kappa shape index (κ1) is 39.2. The van der Waals surface area contributed by atoms with Gasteiger partial charge in [-0.25, -0.2) is 40.6 Å². The minimum absolute atomic E-state index is 0.102. The van der Waals surface area contributed by atoms with Gasteiger partial charge >= 0.3 is 0 Å². The molecule has 0 unspecified atom stereocenters. The lowest BCUT2D eigenvalue weighted by Gasteiger charge is -2.16. The van der Waals surface area contributed by atoms with Gasteiger partial charge < -0.3 is 18.8 Å². The summed E-state index contributed by atoms with van der Waals surface area (Å²) in [6, 6.07) is 5.13. The fourth-order valence-electron chi connectivity index (χ4n) is 5.28. The Balaban J connectivity index is 1.57. The van der Waals surface area contributed by atoms with Crippen LogP contribution in [0.2, 0.25) is 51.4 Å². The molecule has 0 radical (unpaired) electrons. The van der Waals surface area contributed by atoms with E-state index >= 15 is 13.2 Å². The number of fused-ring (bicyclic) bond motifs is 1. The molecule has 0 amide bonds. The largest absolute Gasteiger partial charge is 0.480 e. The summed E-state index contributed by atoms with van der Waals surface area (Å²) in [5.41, 5.74) is -1.86. The Labute approximate surface area is 301 Å². The number of pyridine rings is 2. The third-order valence-corrected chi connectivity index (χ3v) is 13.2. The van der Waals surface area contributed by atoms with Crippen LogP contribution >= 0.6 is 0 Å². The lowest BCUT2D eigenvalue weighted by atomic mass is 10.0. The van der Waals surface area contributed by atoms with E-state index in [1.165, 1.54) is 16.8 Å². The number of imidazole rings is 1. The van der Waals surface area contributed by atoms with Crippen LogP contribution in [0.1, 0.15) is 5.69 Å². The summed E-state index contributed by atoms with van der Waals surface area (Å²) in [5.74, 6) is -5.78. The second kappa shape index (κ2) is 15.6. The van der Waals surface area contributed by atoms with Crippen LogP contribution in [0.4, 0.5) is 17.6 Å². The predicted molar refractivity (Wildman–Crippen MR) is 194 cm³/mol. The monoisotopic (exact) mass is 778 g/mol. The number of hydrogen-bond acceptors (Lipinski definition) is 9. The third-order valence-electron chi connectivity index (χ3n) is 8.17. The maximum Gasteiger partial charge on any atom is 0.232 e. The van der Waals surface area contributed by atoms with Crippen LogP contribution in [0.3, 0.4) is 0 Å². The minimum Gasteiger partial charge on any atom is -0.480 e. The molecule has 5 aromatic rings. The zero-order chi connectivity index (χ0) is 38.0. The van der Waals surface area contributed by atoms with E-state index < -0.39 is 82.6 Å². The SMILES string of the molecule is COc1ncc(F)cc1S(=O)(=O)Cc1ncc(F)c(-c2ccc3c(-c4nccn4COCC[Si](C)(C)C)nn(COCC[Si](C)(C)C)c3c2F)c1F. The van der Waals surface area contributed by atoms with Gasteiger partial charge in [-0.2, -0.15) is 5.10 Å². The first-order valence-electron chi connectivity index (χ1n) is 16.5. The molecule has 0 aliphatic rings. The highest BCUT2D eigenvalue weighted by atomic mass is 32.2. The van der Waals surface area contributed by atoms with Crippen LogP contribution in [-0.4, -0.2) is 74.2 Å². The Bertz CT molecular complexity index is 2190. The van der Waals surface area contributed by atoms with E-state index in [4.69, 9.17) is 14.2 Å². The van der Waals surface area contributed by atoms with Crippen LogP contribution in [0.25, 0.3) is 33.5 Å². The molecule has 0 spiro atoms. The molecular weight excluding hydrogens is 737 g/mol. The van der Waals surface area contributed by atoms with Crippen LogP contribution < -0.4 is 4.74 Å². The molecule has 0 saturated heterocycles. The van der Waals surface area contributed by atoms with Crippen molar-refractivity contribution in [3.05, 3.63) is 71.9 Å². The Morgan fingerprint density at radius 1 is 0.846 bits per heavy atom. The topological polar surface area (TPSA) is 123 Å². The number of hydrogen-bond donors (Lipinski definition) is 0. The number of aromatic nitrogens is 6. The smallest absolute Gasteiger partial charge is 0.232 e. The molecule has 11 nitrogen and oxygen atoms in total. The van der Waals surface area contributed by atoms with E-state index in [1.54, 1.807) is 17.0 Å². The van der Waals surface area contributed by atoms with Gasteiger partial charge in [0.15, 0.2) is 33.1 Å². The zero-order valence-electron chi connectivity index (χ0n) is 30.1. The third kappa shape index (κ3) is 8.96. The Kier molecular flexibility index (Phi) is 11.7. The molecule has 4 heterocycles. The van der Waals surface area contributed by atoms with E-state index in [-0.39, 0.29) is 19.0 Å². The molecule has 1 aromatic carbocycles. The number of ether oxygens (including phenoxy) is 3. The van der Waals surface area contributed by atoms with Crippen molar-refractivity contribution in [2.24, 2.45) is 0 Å². The van der Waals surface area contributed by atoms with E-state index in [0.29, 0.717) is 42.4 Å². The van der Waals surface area contributed by atoms with Crippen molar-refractivity contribution in [2.45, 2.75) is 75.5 Å². The predicted octanol–water partition coefficient (Wildman–Crippen LogP) is 7.52. The van der Waals surface area contributed by atoms with Gasteiger partial charge in [-0.15, -0.1) is 0 Å². The molecule has 52 heavy (non-hydrogen) atoms. The molecule has 0 fully saturated rings. The molecule has 0 aliphatic carbocycles.